The fourth-order valence-electron chi connectivity index (χ4n) is 2.64. The fourth-order valence-corrected chi connectivity index (χ4v) is 2.64. The molecule has 2 fully saturated rings. The van der Waals surface area contributed by atoms with E-state index >= 15 is 0 Å². The summed E-state index contributed by atoms with van der Waals surface area (Å²) >= 11 is 0. The van der Waals surface area contributed by atoms with Gasteiger partial charge in [0, 0.05) is 20.1 Å². The topological polar surface area (TPSA) is 43.8 Å². The molecule has 0 bridgehead atoms. The number of aliphatic hydroxyl groups is 1. The van der Waals surface area contributed by atoms with Gasteiger partial charge in [-0.1, -0.05) is 0 Å². The number of likely N-dealkylation sites (N-methyl/N-ethyl adjacent to an activating group) is 1. The minimum absolute atomic E-state index is 0.0852. The molecule has 0 aliphatic carbocycles. The van der Waals surface area contributed by atoms with Gasteiger partial charge in [-0.3, -0.25) is 4.79 Å². The lowest BCUT2D eigenvalue weighted by Crippen LogP contribution is -2.55. The van der Waals surface area contributed by atoms with Crippen molar-refractivity contribution in [2.45, 2.75) is 30.9 Å². The lowest BCUT2D eigenvalue weighted by atomic mass is 9.83. The maximum Gasteiger partial charge on any atom is 0.225 e. The first kappa shape index (κ1) is 9.93. The van der Waals surface area contributed by atoms with Gasteiger partial charge < -0.3 is 14.9 Å². The Morgan fingerprint density at radius 3 is 2.36 bits per heavy atom. The van der Waals surface area contributed by atoms with Crippen LogP contribution in [0.3, 0.4) is 0 Å². The second kappa shape index (κ2) is 3.21. The van der Waals surface area contributed by atoms with Crippen LogP contribution in [-0.2, 0) is 4.79 Å². The SMILES string of the molecule is CN1CCC2(CC1)C(O)CC(=O)N2C. The van der Waals surface area contributed by atoms with E-state index in [1.54, 1.807) is 4.90 Å². The standard InChI is InChI=1S/C10H18N2O2/c1-11-5-3-10(4-6-11)8(13)7-9(14)12(10)2/h8,13H,3-7H2,1-2H3. The van der Waals surface area contributed by atoms with E-state index < -0.39 is 6.10 Å². The molecular weight excluding hydrogens is 180 g/mol. The smallest absolute Gasteiger partial charge is 0.225 e. The van der Waals surface area contributed by atoms with Gasteiger partial charge in [0.15, 0.2) is 0 Å². The first-order valence-electron chi connectivity index (χ1n) is 5.19. The Labute approximate surface area is 84.5 Å². The van der Waals surface area contributed by atoms with Gasteiger partial charge in [-0.05, 0) is 19.9 Å². The van der Waals surface area contributed by atoms with E-state index in [0.717, 1.165) is 25.9 Å². The highest BCUT2D eigenvalue weighted by Gasteiger charge is 2.51. The average molecular weight is 198 g/mol. The average Bonchev–Trinajstić information content (AvgIpc) is 2.36. The summed E-state index contributed by atoms with van der Waals surface area (Å²) in [6.45, 7) is 1.93. The summed E-state index contributed by atoms with van der Waals surface area (Å²) < 4.78 is 0. The van der Waals surface area contributed by atoms with Crippen LogP contribution in [0.5, 0.6) is 0 Å². The van der Waals surface area contributed by atoms with Crippen LogP contribution in [0.25, 0.3) is 0 Å². The van der Waals surface area contributed by atoms with Crippen molar-refractivity contribution in [1.29, 1.82) is 0 Å². The Kier molecular flexibility index (Phi) is 2.27. The number of nitrogens with zero attached hydrogens (tertiary/aromatic N) is 2. The van der Waals surface area contributed by atoms with E-state index in [2.05, 4.69) is 11.9 Å². The minimum atomic E-state index is -0.464. The predicted molar refractivity (Wildman–Crippen MR) is 52.9 cm³/mol. The van der Waals surface area contributed by atoms with Gasteiger partial charge in [0.05, 0.1) is 18.1 Å². The molecule has 1 atom stereocenters. The molecule has 1 spiro atoms. The summed E-state index contributed by atoms with van der Waals surface area (Å²) in [5, 5.41) is 9.95. The van der Waals surface area contributed by atoms with Crippen LogP contribution in [0.15, 0.2) is 0 Å². The van der Waals surface area contributed by atoms with Crippen molar-refractivity contribution in [3.63, 3.8) is 0 Å². The summed E-state index contributed by atoms with van der Waals surface area (Å²) in [5.74, 6) is 0.0852. The molecule has 2 saturated heterocycles. The van der Waals surface area contributed by atoms with Gasteiger partial charge in [-0.25, -0.2) is 0 Å². The van der Waals surface area contributed by atoms with E-state index in [0.29, 0.717) is 6.42 Å². The van der Waals surface area contributed by atoms with Crippen LogP contribution in [0.1, 0.15) is 19.3 Å². The first-order chi connectivity index (χ1) is 6.56. The highest BCUT2D eigenvalue weighted by atomic mass is 16.3. The molecule has 0 aromatic carbocycles. The van der Waals surface area contributed by atoms with Crippen molar-refractivity contribution in [3.05, 3.63) is 0 Å². The maximum absolute atomic E-state index is 11.5. The third-order valence-electron chi connectivity index (χ3n) is 3.88. The molecule has 4 nitrogen and oxygen atoms in total. The number of hydrogen-bond donors (Lipinski definition) is 1. The monoisotopic (exact) mass is 198 g/mol. The Morgan fingerprint density at radius 2 is 1.93 bits per heavy atom. The molecule has 1 amide bonds. The van der Waals surface area contributed by atoms with Gasteiger partial charge in [-0.15, -0.1) is 0 Å². The molecule has 2 aliphatic heterocycles. The van der Waals surface area contributed by atoms with Gasteiger partial charge in [-0.2, -0.15) is 0 Å². The zero-order valence-electron chi connectivity index (χ0n) is 8.86. The molecule has 80 valence electrons. The highest BCUT2D eigenvalue weighted by Crippen LogP contribution is 2.37. The number of amides is 1. The molecule has 0 aromatic heterocycles. The Morgan fingerprint density at radius 1 is 1.36 bits per heavy atom. The Hall–Kier alpha value is -0.610. The molecule has 2 rings (SSSR count). The second-order valence-electron chi connectivity index (χ2n) is 4.58. The summed E-state index contributed by atoms with van der Waals surface area (Å²) in [6.07, 6.45) is 1.63. The molecule has 14 heavy (non-hydrogen) atoms. The van der Waals surface area contributed by atoms with E-state index in [9.17, 15) is 9.90 Å². The second-order valence-corrected chi connectivity index (χ2v) is 4.58. The molecule has 4 heteroatoms. The molecular formula is C10H18N2O2. The summed E-state index contributed by atoms with van der Waals surface area (Å²) in [7, 11) is 3.90. The molecule has 2 aliphatic rings. The third-order valence-corrected chi connectivity index (χ3v) is 3.88. The van der Waals surface area contributed by atoms with Crippen LogP contribution in [-0.4, -0.2) is 59.6 Å². The zero-order valence-corrected chi connectivity index (χ0v) is 8.86. The van der Waals surface area contributed by atoms with Crippen molar-refractivity contribution in [2.75, 3.05) is 27.2 Å². The van der Waals surface area contributed by atoms with E-state index in [1.807, 2.05) is 7.05 Å². The number of likely N-dealkylation sites (tertiary alicyclic amines) is 2. The number of carbonyl (C=O) groups is 1. The van der Waals surface area contributed by atoms with Crippen molar-refractivity contribution >= 4 is 5.91 Å². The summed E-state index contributed by atoms with van der Waals surface area (Å²) in [6, 6.07) is 0. The van der Waals surface area contributed by atoms with E-state index in [4.69, 9.17) is 0 Å². The maximum atomic E-state index is 11.5. The molecule has 1 unspecified atom stereocenters. The number of piperidine rings is 1. The van der Waals surface area contributed by atoms with Crippen molar-refractivity contribution in [2.24, 2.45) is 0 Å². The zero-order chi connectivity index (χ0) is 10.3. The van der Waals surface area contributed by atoms with Crippen molar-refractivity contribution in [1.82, 2.24) is 9.80 Å². The number of rotatable bonds is 0. The lowest BCUT2D eigenvalue weighted by molar-refractivity contribution is -0.130. The van der Waals surface area contributed by atoms with Crippen LogP contribution in [0.2, 0.25) is 0 Å². The summed E-state index contributed by atoms with van der Waals surface area (Å²) in [4.78, 5) is 15.5. The molecule has 0 saturated carbocycles. The van der Waals surface area contributed by atoms with E-state index in [1.165, 1.54) is 0 Å². The Bertz CT molecular complexity index is 247. The van der Waals surface area contributed by atoms with Gasteiger partial charge in [0.1, 0.15) is 0 Å². The van der Waals surface area contributed by atoms with Crippen LogP contribution in [0.4, 0.5) is 0 Å². The van der Waals surface area contributed by atoms with Gasteiger partial charge >= 0.3 is 0 Å². The first-order valence-corrected chi connectivity index (χ1v) is 5.19. The Balaban J connectivity index is 2.18. The third kappa shape index (κ3) is 1.25. The predicted octanol–water partition coefficient (Wildman–Crippen LogP) is -0.326. The molecule has 0 radical (unpaired) electrons. The molecule has 1 N–H and O–H groups in total. The number of hydrogen-bond acceptors (Lipinski definition) is 3. The van der Waals surface area contributed by atoms with Gasteiger partial charge in [0.2, 0.25) is 5.91 Å². The van der Waals surface area contributed by atoms with Crippen LogP contribution >= 0.6 is 0 Å². The van der Waals surface area contributed by atoms with Crippen molar-refractivity contribution < 1.29 is 9.90 Å². The quantitative estimate of drug-likeness (QED) is 0.580. The van der Waals surface area contributed by atoms with Crippen molar-refractivity contribution in [3.8, 4) is 0 Å². The van der Waals surface area contributed by atoms with Crippen LogP contribution < -0.4 is 0 Å². The van der Waals surface area contributed by atoms with Gasteiger partial charge in [0.25, 0.3) is 0 Å². The highest BCUT2D eigenvalue weighted by molar-refractivity contribution is 5.80. The number of carbonyl (C=O) groups excluding carboxylic acids is 1. The van der Waals surface area contributed by atoms with Crippen LogP contribution in [0, 0.1) is 0 Å². The number of aliphatic hydroxyl groups excluding tert-OH is 1. The lowest BCUT2D eigenvalue weighted by Gasteiger charge is -2.44. The largest absolute Gasteiger partial charge is 0.390 e. The summed E-state index contributed by atoms with van der Waals surface area (Å²) in [5.41, 5.74) is -0.260. The fraction of sp³-hybridized carbons (Fsp3) is 0.900. The molecule has 0 aromatic rings. The minimum Gasteiger partial charge on any atom is -0.390 e. The molecule has 2 heterocycles. The van der Waals surface area contributed by atoms with E-state index in [-0.39, 0.29) is 11.4 Å². The normalized spacial score (nSPS) is 32.9.